The number of hydrogen-bond acceptors (Lipinski definition) is 6. The van der Waals surface area contributed by atoms with Crippen LogP contribution in [-0.2, 0) is 18.0 Å². The number of carbonyl (C=O) groups excluding carboxylic acids is 1. The number of nitrogens with zero attached hydrogens (tertiary/aromatic N) is 2. The molecule has 1 amide bonds. The van der Waals surface area contributed by atoms with Gasteiger partial charge in [0.1, 0.15) is 18.1 Å². The lowest BCUT2D eigenvalue weighted by molar-refractivity contribution is 0.0839. The summed E-state index contributed by atoms with van der Waals surface area (Å²) in [6.45, 7) is 3.46. The second-order valence-electron chi connectivity index (χ2n) is 6.77. The molecule has 29 heavy (non-hydrogen) atoms. The molecule has 1 fully saturated rings. The standard InChI is InChI=1S/C22H23N3O4/c26-22(25-12-10-23-11-13-25)28-16-20-14-21(24-29-20)18-6-8-19(9-7-18)27-15-17-4-2-1-3-5-17/h1-9,14,23H,10-13,15-16H2. The number of benzene rings is 2. The minimum Gasteiger partial charge on any atom is -0.489 e. The number of ether oxygens (including phenoxy) is 2. The molecule has 0 unspecified atom stereocenters. The highest BCUT2D eigenvalue weighted by molar-refractivity contribution is 5.67. The van der Waals surface area contributed by atoms with Crippen molar-refractivity contribution in [3.8, 4) is 17.0 Å². The molecule has 3 aromatic rings. The quantitative estimate of drug-likeness (QED) is 0.691. The first kappa shape index (κ1) is 19.0. The summed E-state index contributed by atoms with van der Waals surface area (Å²) in [7, 11) is 0. The van der Waals surface area contributed by atoms with Crippen LogP contribution in [0.3, 0.4) is 0 Å². The van der Waals surface area contributed by atoms with Gasteiger partial charge in [0.05, 0.1) is 0 Å². The third-order valence-electron chi connectivity index (χ3n) is 4.67. The number of piperazine rings is 1. The Kier molecular flexibility index (Phi) is 6.07. The first-order chi connectivity index (χ1) is 14.3. The Morgan fingerprint density at radius 1 is 1.03 bits per heavy atom. The monoisotopic (exact) mass is 393 g/mol. The minimum atomic E-state index is -0.329. The Labute approximate surface area is 169 Å². The SMILES string of the molecule is O=C(OCc1cc(-c2ccc(OCc3ccccc3)cc2)no1)N1CCNCC1. The van der Waals surface area contributed by atoms with Gasteiger partial charge in [-0.3, -0.25) is 0 Å². The van der Waals surface area contributed by atoms with E-state index in [0.29, 0.717) is 31.2 Å². The van der Waals surface area contributed by atoms with Crippen molar-refractivity contribution < 1.29 is 18.8 Å². The van der Waals surface area contributed by atoms with E-state index < -0.39 is 0 Å². The van der Waals surface area contributed by atoms with Gasteiger partial charge in [0, 0.05) is 37.8 Å². The van der Waals surface area contributed by atoms with Gasteiger partial charge >= 0.3 is 6.09 Å². The van der Waals surface area contributed by atoms with Gasteiger partial charge in [0.15, 0.2) is 12.4 Å². The molecule has 150 valence electrons. The number of aromatic nitrogens is 1. The summed E-state index contributed by atoms with van der Waals surface area (Å²) in [6.07, 6.45) is -0.329. The van der Waals surface area contributed by atoms with Gasteiger partial charge in [-0.25, -0.2) is 4.79 Å². The van der Waals surface area contributed by atoms with Crippen LogP contribution in [0.1, 0.15) is 11.3 Å². The third-order valence-corrected chi connectivity index (χ3v) is 4.67. The second-order valence-corrected chi connectivity index (χ2v) is 6.77. The van der Waals surface area contributed by atoms with Crippen LogP contribution in [0.15, 0.2) is 65.2 Å². The van der Waals surface area contributed by atoms with E-state index in [9.17, 15) is 4.79 Å². The highest BCUT2D eigenvalue weighted by atomic mass is 16.6. The zero-order valence-electron chi connectivity index (χ0n) is 16.0. The van der Waals surface area contributed by atoms with Crippen molar-refractivity contribution in [3.63, 3.8) is 0 Å². The average molecular weight is 393 g/mol. The molecule has 0 aliphatic carbocycles. The lowest BCUT2D eigenvalue weighted by Gasteiger charge is -2.26. The third kappa shape index (κ3) is 5.14. The van der Waals surface area contributed by atoms with Crippen LogP contribution in [0.2, 0.25) is 0 Å². The predicted octanol–water partition coefficient (Wildman–Crippen LogP) is 3.46. The lowest BCUT2D eigenvalue weighted by Crippen LogP contribution is -2.46. The molecule has 4 rings (SSSR count). The van der Waals surface area contributed by atoms with E-state index in [1.54, 1.807) is 11.0 Å². The fourth-order valence-corrected chi connectivity index (χ4v) is 3.05. The van der Waals surface area contributed by atoms with Crippen molar-refractivity contribution >= 4 is 6.09 Å². The van der Waals surface area contributed by atoms with Crippen LogP contribution < -0.4 is 10.1 Å². The van der Waals surface area contributed by atoms with Crippen LogP contribution in [0.5, 0.6) is 5.75 Å². The highest BCUT2D eigenvalue weighted by Gasteiger charge is 2.18. The fourth-order valence-electron chi connectivity index (χ4n) is 3.05. The Morgan fingerprint density at radius 3 is 2.55 bits per heavy atom. The van der Waals surface area contributed by atoms with Crippen LogP contribution in [0.25, 0.3) is 11.3 Å². The summed E-state index contributed by atoms with van der Waals surface area (Å²) in [5.74, 6) is 1.29. The van der Waals surface area contributed by atoms with Gasteiger partial charge in [0.2, 0.25) is 0 Å². The maximum Gasteiger partial charge on any atom is 0.410 e. The van der Waals surface area contributed by atoms with E-state index in [1.165, 1.54) is 0 Å². The van der Waals surface area contributed by atoms with E-state index in [-0.39, 0.29) is 12.7 Å². The molecule has 1 aliphatic rings. The van der Waals surface area contributed by atoms with Crippen molar-refractivity contribution in [1.82, 2.24) is 15.4 Å². The molecule has 1 aliphatic heterocycles. The normalized spacial score (nSPS) is 13.9. The molecular weight excluding hydrogens is 370 g/mol. The van der Waals surface area contributed by atoms with E-state index in [0.717, 1.165) is 30.0 Å². The number of amides is 1. The van der Waals surface area contributed by atoms with Crippen LogP contribution in [0.4, 0.5) is 4.79 Å². The van der Waals surface area contributed by atoms with Gasteiger partial charge < -0.3 is 24.2 Å². The molecule has 2 aromatic carbocycles. The second kappa shape index (κ2) is 9.25. The van der Waals surface area contributed by atoms with Crippen LogP contribution in [-0.4, -0.2) is 42.3 Å². The topological polar surface area (TPSA) is 76.8 Å². The molecule has 7 heteroatoms. The smallest absolute Gasteiger partial charge is 0.410 e. The largest absolute Gasteiger partial charge is 0.489 e. The Balaban J connectivity index is 1.30. The molecule has 1 saturated heterocycles. The van der Waals surface area contributed by atoms with Crippen molar-refractivity contribution in [2.24, 2.45) is 0 Å². The first-order valence-corrected chi connectivity index (χ1v) is 9.63. The molecule has 0 spiro atoms. The summed E-state index contributed by atoms with van der Waals surface area (Å²) in [5.41, 5.74) is 2.71. The van der Waals surface area contributed by atoms with E-state index in [4.69, 9.17) is 14.0 Å². The van der Waals surface area contributed by atoms with Gasteiger partial charge in [0.25, 0.3) is 0 Å². The maximum atomic E-state index is 12.0. The van der Waals surface area contributed by atoms with Crippen molar-refractivity contribution in [3.05, 3.63) is 72.0 Å². The molecular formula is C22H23N3O4. The molecule has 0 radical (unpaired) electrons. The Bertz CT molecular complexity index is 919. The molecule has 0 bridgehead atoms. The molecule has 2 heterocycles. The van der Waals surface area contributed by atoms with Crippen molar-refractivity contribution in [1.29, 1.82) is 0 Å². The summed E-state index contributed by atoms with van der Waals surface area (Å²) < 4.78 is 16.4. The first-order valence-electron chi connectivity index (χ1n) is 9.63. The minimum absolute atomic E-state index is 0.0635. The average Bonchev–Trinajstić information content (AvgIpc) is 3.27. The zero-order valence-corrected chi connectivity index (χ0v) is 16.0. The summed E-state index contributed by atoms with van der Waals surface area (Å²) in [6, 6.07) is 19.5. The molecule has 1 N–H and O–H groups in total. The molecule has 1 aromatic heterocycles. The summed E-state index contributed by atoms with van der Waals surface area (Å²) in [4.78, 5) is 13.7. The summed E-state index contributed by atoms with van der Waals surface area (Å²) >= 11 is 0. The lowest BCUT2D eigenvalue weighted by atomic mass is 10.1. The predicted molar refractivity (Wildman–Crippen MR) is 107 cm³/mol. The maximum absolute atomic E-state index is 12.0. The van der Waals surface area contributed by atoms with Crippen molar-refractivity contribution in [2.45, 2.75) is 13.2 Å². The molecule has 0 saturated carbocycles. The number of carbonyl (C=O) groups is 1. The van der Waals surface area contributed by atoms with Gasteiger partial charge in [-0.2, -0.15) is 0 Å². The van der Waals surface area contributed by atoms with E-state index in [2.05, 4.69) is 10.5 Å². The van der Waals surface area contributed by atoms with E-state index >= 15 is 0 Å². The number of rotatable bonds is 6. The number of nitrogens with one attached hydrogen (secondary N) is 1. The fraction of sp³-hybridized carbons (Fsp3) is 0.273. The van der Waals surface area contributed by atoms with Crippen LogP contribution in [0, 0.1) is 0 Å². The van der Waals surface area contributed by atoms with Gasteiger partial charge in [-0.05, 0) is 29.8 Å². The van der Waals surface area contributed by atoms with Crippen LogP contribution >= 0.6 is 0 Å². The summed E-state index contributed by atoms with van der Waals surface area (Å²) in [5, 5.41) is 7.27. The van der Waals surface area contributed by atoms with Gasteiger partial charge in [-0.1, -0.05) is 35.5 Å². The molecule has 0 atom stereocenters. The van der Waals surface area contributed by atoms with E-state index in [1.807, 2.05) is 54.6 Å². The Hall–Kier alpha value is -3.32. The Morgan fingerprint density at radius 2 is 1.79 bits per heavy atom. The molecule has 7 nitrogen and oxygen atoms in total. The van der Waals surface area contributed by atoms with Gasteiger partial charge in [-0.15, -0.1) is 0 Å². The number of hydrogen-bond donors (Lipinski definition) is 1. The zero-order chi connectivity index (χ0) is 19.9. The van der Waals surface area contributed by atoms with Crippen molar-refractivity contribution in [2.75, 3.05) is 26.2 Å². The highest BCUT2D eigenvalue weighted by Crippen LogP contribution is 2.23.